The zero-order valence-corrected chi connectivity index (χ0v) is 54.4. The molecule has 0 saturated heterocycles. The first-order valence-electron chi connectivity index (χ1n) is 32.8. The smallest absolute Gasteiger partial charge is 0.0737 e. The molecule has 8 nitrogen and oxygen atoms in total. The van der Waals surface area contributed by atoms with Gasteiger partial charge in [0.1, 0.15) is 0 Å². The monoisotopic (exact) mass is 1290 g/mol. The molecule has 4 aliphatic rings. The molecule has 18 rings (SSSR count). The molecule has 0 atom stereocenters. The molecule has 4 aliphatic heterocycles. The SMILES string of the molecule is C1=Cc2nc1c(-c1ccccc1)c1ccc([nH]1)c(-c1ccccc1)c1nc(c(-c3ccc(SSc4ccc(-c5c6nc(c(-c7ccccc7)c7ccc([nH]7)c(-c7ccccc7)c7nc(c(-c8ccccc8)c8ccc5[nH]8)C=C7)C=C6)cc4)cc3)c3ccc([nH]3)c2-c2ccccc2)C=C1. The minimum absolute atomic E-state index is 0.861. The highest BCUT2D eigenvalue weighted by Crippen LogP contribution is 2.44. The predicted molar refractivity (Wildman–Crippen MR) is 413 cm³/mol. The molecule has 0 aliphatic carbocycles. The molecule has 0 amide bonds. The molecule has 6 aromatic heterocycles. The van der Waals surface area contributed by atoms with Crippen molar-refractivity contribution in [3.8, 4) is 89.0 Å². The van der Waals surface area contributed by atoms with Crippen LogP contribution in [0.4, 0.5) is 0 Å². The third-order valence-corrected chi connectivity index (χ3v) is 20.8. The molecular weight excluding hydrogens is 1230 g/mol. The summed E-state index contributed by atoms with van der Waals surface area (Å²) in [5, 5.41) is 0. The number of benzene rings is 8. The number of rotatable bonds is 11. The number of aromatic nitrogens is 8. The lowest BCUT2D eigenvalue weighted by molar-refractivity contribution is 1.31. The van der Waals surface area contributed by atoms with E-state index in [1.165, 1.54) is 0 Å². The summed E-state index contributed by atoms with van der Waals surface area (Å²) in [6.07, 6.45) is 17.2. The molecule has 0 saturated carbocycles. The van der Waals surface area contributed by atoms with Crippen molar-refractivity contribution in [3.63, 3.8) is 0 Å². The predicted octanol–water partition coefficient (Wildman–Crippen LogP) is 23.8. The van der Waals surface area contributed by atoms with Crippen LogP contribution in [0, 0.1) is 0 Å². The molecular formula is C88H58N8S2. The maximum Gasteiger partial charge on any atom is 0.0737 e. The van der Waals surface area contributed by atoms with E-state index in [-0.39, 0.29) is 0 Å². The van der Waals surface area contributed by atoms with Gasteiger partial charge in [0.25, 0.3) is 0 Å². The van der Waals surface area contributed by atoms with Crippen molar-refractivity contribution in [1.82, 2.24) is 39.9 Å². The number of hydrogen-bond acceptors (Lipinski definition) is 6. The Hall–Kier alpha value is -12.3. The normalized spacial score (nSPS) is 12.2. The Morgan fingerprint density at radius 2 is 0.316 bits per heavy atom. The van der Waals surface area contributed by atoms with Crippen molar-refractivity contribution in [2.24, 2.45) is 0 Å². The molecule has 4 N–H and O–H groups in total. The van der Waals surface area contributed by atoms with Gasteiger partial charge in [0.2, 0.25) is 0 Å². The van der Waals surface area contributed by atoms with Crippen LogP contribution in [0.15, 0.2) is 289 Å². The van der Waals surface area contributed by atoms with E-state index in [4.69, 9.17) is 19.9 Å². The Kier molecular flexibility index (Phi) is 14.9. The van der Waals surface area contributed by atoms with Crippen LogP contribution in [0.25, 0.3) is 182 Å². The second-order valence-electron chi connectivity index (χ2n) is 24.4. The van der Waals surface area contributed by atoms with Gasteiger partial charge in [-0.25, -0.2) is 19.9 Å². The van der Waals surface area contributed by atoms with Crippen molar-refractivity contribution >= 4 is 114 Å². The summed E-state index contributed by atoms with van der Waals surface area (Å²) in [6, 6.07) is 98.5. The second-order valence-corrected chi connectivity index (χ2v) is 26.7. The van der Waals surface area contributed by atoms with Gasteiger partial charge in [-0.3, -0.25) is 0 Å². The van der Waals surface area contributed by atoms with E-state index in [1.54, 1.807) is 21.6 Å². The van der Waals surface area contributed by atoms with Crippen LogP contribution in [0.1, 0.15) is 45.6 Å². The van der Waals surface area contributed by atoms with Crippen LogP contribution < -0.4 is 0 Å². The lowest BCUT2D eigenvalue weighted by atomic mass is 10.0. The molecule has 14 aromatic rings. The highest BCUT2D eigenvalue weighted by molar-refractivity contribution is 8.76. The van der Waals surface area contributed by atoms with E-state index in [2.05, 4.69) is 348 Å². The van der Waals surface area contributed by atoms with E-state index in [0.717, 1.165) is 188 Å². The summed E-state index contributed by atoms with van der Waals surface area (Å²) >= 11 is 0. The first kappa shape index (κ1) is 58.3. The van der Waals surface area contributed by atoms with E-state index in [0.29, 0.717) is 0 Å². The van der Waals surface area contributed by atoms with Crippen LogP contribution in [0.5, 0.6) is 0 Å². The fourth-order valence-electron chi connectivity index (χ4n) is 13.9. The van der Waals surface area contributed by atoms with Crippen molar-refractivity contribution < 1.29 is 0 Å². The average molecular weight is 1290 g/mol. The van der Waals surface area contributed by atoms with Gasteiger partial charge in [0.05, 0.1) is 45.6 Å². The van der Waals surface area contributed by atoms with E-state index in [1.807, 2.05) is 0 Å². The molecule has 10 heteroatoms. The molecule has 10 heterocycles. The highest BCUT2D eigenvalue weighted by Gasteiger charge is 2.22. The minimum atomic E-state index is 0.861. The fourth-order valence-corrected chi connectivity index (χ4v) is 15.9. The quantitative estimate of drug-likeness (QED) is 0.0960. The van der Waals surface area contributed by atoms with Gasteiger partial charge in [-0.1, -0.05) is 228 Å². The lowest BCUT2D eigenvalue weighted by Gasteiger charge is -2.08. The molecule has 0 fully saturated rings. The topological polar surface area (TPSA) is 115 Å². The summed E-state index contributed by atoms with van der Waals surface area (Å²) in [5.74, 6) is 0. The van der Waals surface area contributed by atoms with Crippen LogP contribution in [0.2, 0.25) is 0 Å². The molecule has 0 spiro atoms. The maximum atomic E-state index is 5.56. The Morgan fingerprint density at radius 3 is 0.480 bits per heavy atom. The summed E-state index contributed by atoms with van der Waals surface area (Å²) < 4.78 is 0. The van der Waals surface area contributed by atoms with Gasteiger partial charge in [0.15, 0.2) is 0 Å². The molecule has 8 aromatic carbocycles. The summed E-state index contributed by atoms with van der Waals surface area (Å²) in [7, 11) is 3.48. The minimum Gasteiger partial charge on any atom is -0.354 e. The summed E-state index contributed by atoms with van der Waals surface area (Å²) in [6.45, 7) is 0. The number of hydrogen-bond donors (Lipinski definition) is 4. The van der Waals surface area contributed by atoms with Crippen molar-refractivity contribution in [1.29, 1.82) is 0 Å². The van der Waals surface area contributed by atoms with Gasteiger partial charge in [0, 0.05) is 98.4 Å². The summed E-state index contributed by atoms with van der Waals surface area (Å²) in [5.41, 5.74) is 31.2. The van der Waals surface area contributed by atoms with Gasteiger partial charge in [-0.15, -0.1) is 0 Å². The van der Waals surface area contributed by atoms with Gasteiger partial charge < -0.3 is 19.9 Å². The lowest BCUT2D eigenvalue weighted by Crippen LogP contribution is -1.89. The maximum absolute atomic E-state index is 5.56. The van der Waals surface area contributed by atoms with Gasteiger partial charge in [-0.05, 0) is 166 Å². The third-order valence-electron chi connectivity index (χ3n) is 18.4. The molecule has 462 valence electrons. The number of aromatic amines is 4. The number of nitrogens with zero attached hydrogens (tertiary/aromatic N) is 4. The zero-order chi connectivity index (χ0) is 64.9. The number of H-pyrrole nitrogens is 4. The van der Waals surface area contributed by atoms with Crippen molar-refractivity contribution in [3.05, 3.63) is 325 Å². The Labute approximate surface area is 573 Å². The third kappa shape index (κ3) is 10.9. The number of fused-ring (bicyclic) bond motifs is 16. The van der Waals surface area contributed by atoms with Gasteiger partial charge in [-0.2, -0.15) is 0 Å². The first-order valence-corrected chi connectivity index (χ1v) is 34.9. The second kappa shape index (κ2) is 25.1. The zero-order valence-electron chi connectivity index (χ0n) is 52.8. The Balaban J connectivity index is 0.737. The van der Waals surface area contributed by atoms with Gasteiger partial charge >= 0.3 is 0 Å². The first-order chi connectivity index (χ1) is 48.5. The average Bonchev–Trinajstić information content (AvgIpc) is 1.62. The van der Waals surface area contributed by atoms with Crippen LogP contribution in [0.3, 0.4) is 0 Å². The van der Waals surface area contributed by atoms with E-state index >= 15 is 0 Å². The molecule has 16 bridgehead atoms. The van der Waals surface area contributed by atoms with Crippen LogP contribution in [-0.4, -0.2) is 39.9 Å². The van der Waals surface area contributed by atoms with Crippen LogP contribution >= 0.6 is 21.6 Å². The van der Waals surface area contributed by atoms with Crippen LogP contribution in [-0.2, 0) is 0 Å². The summed E-state index contributed by atoms with van der Waals surface area (Å²) in [4.78, 5) is 39.9. The van der Waals surface area contributed by atoms with E-state index < -0.39 is 0 Å². The fraction of sp³-hybridized carbons (Fsp3) is 0. The number of nitrogens with one attached hydrogen (secondary N) is 4. The molecule has 0 radical (unpaired) electrons. The molecule has 98 heavy (non-hydrogen) atoms. The Bertz CT molecular complexity index is 5490. The van der Waals surface area contributed by atoms with E-state index in [9.17, 15) is 0 Å². The molecule has 0 unspecified atom stereocenters. The van der Waals surface area contributed by atoms with Crippen molar-refractivity contribution in [2.45, 2.75) is 9.79 Å². The highest BCUT2D eigenvalue weighted by atomic mass is 33.1. The standard InChI is InChI=1S/C88H58N8S2/c1-7-19-55(20-8-1)81-65-39-43-69(89-65)83(57-23-11-3-12-24-57)73-47-51-77(93-73)87(78-52-48-74(94-78)84(58-25-13-4-14-26-58)70-44-40-66(81)90-70)61-31-35-63(36-32-61)97-98-64-37-33-62(34-38-64)88-79-53-49-75(95-79)85(59-27-15-5-16-28-59)71-45-41-67(91-71)82(56-21-9-2-10-22-56)68-42-46-72(92-68)86(60-29-17-6-18-30-60)76-50-54-80(88)96-76/h1-54,89,91,94,96H. The Morgan fingerprint density at radius 1 is 0.163 bits per heavy atom. The largest absolute Gasteiger partial charge is 0.354 e. The van der Waals surface area contributed by atoms with Crippen molar-refractivity contribution in [2.75, 3.05) is 0 Å².